The zero-order valence-corrected chi connectivity index (χ0v) is 15.3. The average molecular weight is 360 g/mol. The molecule has 3 heterocycles. The molecule has 1 aromatic rings. The Bertz CT molecular complexity index is 751. The fraction of sp³-hybridized carbons (Fsp3) is 0.737. The smallest absolute Gasteiger partial charge is 0.325 e. The summed E-state index contributed by atoms with van der Waals surface area (Å²) in [6.45, 7) is 3.35. The van der Waals surface area contributed by atoms with Crippen LogP contribution in [-0.4, -0.2) is 51.4 Å². The van der Waals surface area contributed by atoms with Gasteiger partial charge in [0.05, 0.1) is 0 Å². The molecule has 4 rings (SSSR count). The van der Waals surface area contributed by atoms with Crippen LogP contribution in [0.2, 0.25) is 0 Å². The van der Waals surface area contributed by atoms with Crippen molar-refractivity contribution >= 4 is 5.91 Å². The molecular weight excluding hydrogens is 332 g/mol. The minimum atomic E-state index is -0.449. The Balaban J connectivity index is 1.47. The maximum absolute atomic E-state index is 12.5. The summed E-state index contributed by atoms with van der Waals surface area (Å²) >= 11 is 0. The van der Waals surface area contributed by atoms with Gasteiger partial charge in [-0.2, -0.15) is 0 Å². The van der Waals surface area contributed by atoms with Crippen LogP contribution in [0.15, 0.2) is 15.7 Å². The van der Waals surface area contributed by atoms with Gasteiger partial charge in [-0.1, -0.05) is 12.8 Å². The molecule has 1 aliphatic carbocycles. The standard InChI is InChI=1S/C19H28N4O3/c24-16-10-14(20-18(26)21-16)11-22-9-3-7-19(12-22)8-6-17(25)23(13-19)15-4-1-2-5-15/h10,15H,1-9,11-13H2,(H2,20,21,24,26). The summed E-state index contributed by atoms with van der Waals surface area (Å²) < 4.78 is 0. The van der Waals surface area contributed by atoms with Gasteiger partial charge in [-0.3, -0.25) is 19.5 Å². The van der Waals surface area contributed by atoms with Crippen molar-refractivity contribution in [1.29, 1.82) is 0 Å². The molecule has 0 aromatic carbocycles. The van der Waals surface area contributed by atoms with E-state index in [2.05, 4.69) is 19.8 Å². The number of piperidine rings is 2. The largest absolute Gasteiger partial charge is 0.339 e. The lowest BCUT2D eigenvalue weighted by atomic mass is 9.73. The van der Waals surface area contributed by atoms with Crippen molar-refractivity contribution in [1.82, 2.24) is 19.8 Å². The molecular formula is C19H28N4O3. The molecule has 1 amide bonds. The first-order chi connectivity index (χ1) is 12.5. The summed E-state index contributed by atoms with van der Waals surface area (Å²) in [4.78, 5) is 45.0. The molecule has 7 heteroatoms. The number of hydrogen-bond donors (Lipinski definition) is 2. The van der Waals surface area contributed by atoms with Crippen LogP contribution in [0.1, 0.15) is 57.1 Å². The Kier molecular flexibility index (Phi) is 4.73. The summed E-state index contributed by atoms with van der Waals surface area (Å²) in [5, 5.41) is 0. The second kappa shape index (κ2) is 7.02. The Morgan fingerprint density at radius 1 is 1.04 bits per heavy atom. The third kappa shape index (κ3) is 3.63. The minimum absolute atomic E-state index is 0.163. The number of H-pyrrole nitrogens is 2. The van der Waals surface area contributed by atoms with Gasteiger partial charge in [0.2, 0.25) is 5.91 Å². The maximum atomic E-state index is 12.5. The van der Waals surface area contributed by atoms with Crippen LogP contribution in [0.3, 0.4) is 0 Å². The first-order valence-electron chi connectivity index (χ1n) is 9.87. The average Bonchev–Trinajstić information content (AvgIpc) is 3.11. The number of likely N-dealkylation sites (tertiary alicyclic amines) is 2. The van der Waals surface area contributed by atoms with E-state index < -0.39 is 5.69 Å². The summed E-state index contributed by atoms with van der Waals surface area (Å²) in [6, 6.07) is 1.91. The van der Waals surface area contributed by atoms with Gasteiger partial charge >= 0.3 is 5.69 Å². The van der Waals surface area contributed by atoms with Crippen LogP contribution in [0.4, 0.5) is 0 Å². The topological polar surface area (TPSA) is 89.3 Å². The van der Waals surface area contributed by atoms with Crippen LogP contribution in [0, 0.1) is 5.41 Å². The molecule has 2 saturated heterocycles. The second-order valence-corrected chi connectivity index (χ2v) is 8.39. The van der Waals surface area contributed by atoms with E-state index in [-0.39, 0.29) is 11.0 Å². The van der Waals surface area contributed by atoms with Crippen molar-refractivity contribution in [3.63, 3.8) is 0 Å². The normalized spacial score (nSPS) is 28.2. The Morgan fingerprint density at radius 2 is 1.85 bits per heavy atom. The number of aromatic amines is 2. The third-order valence-electron chi connectivity index (χ3n) is 6.41. The molecule has 1 unspecified atom stereocenters. The highest BCUT2D eigenvalue weighted by Crippen LogP contribution is 2.41. The summed E-state index contributed by atoms with van der Waals surface area (Å²) in [7, 11) is 0. The zero-order valence-electron chi connectivity index (χ0n) is 15.3. The van der Waals surface area contributed by atoms with Crippen molar-refractivity contribution in [3.05, 3.63) is 32.6 Å². The molecule has 1 atom stereocenters. The van der Waals surface area contributed by atoms with Crippen molar-refractivity contribution < 1.29 is 4.79 Å². The van der Waals surface area contributed by atoms with Gasteiger partial charge in [-0.05, 0) is 38.6 Å². The highest BCUT2D eigenvalue weighted by molar-refractivity contribution is 5.77. The molecule has 142 valence electrons. The molecule has 26 heavy (non-hydrogen) atoms. The Hall–Kier alpha value is -1.89. The fourth-order valence-electron chi connectivity index (χ4n) is 5.22. The molecule has 1 saturated carbocycles. The SMILES string of the molecule is O=C1CCC2(CCCN(Cc3cc(=O)[nH]c(=O)[nH]3)C2)CN1C1CCCC1. The molecule has 2 N–H and O–H groups in total. The van der Waals surface area contributed by atoms with Crippen molar-refractivity contribution in [2.45, 2.75) is 64.0 Å². The highest BCUT2D eigenvalue weighted by Gasteiger charge is 2.43. The van der Waals surface area contributed by atoms with Crippen LogP contribution in [0.25, 0.3) is 0 Å². The first kappa shape index (κ1) is 17.5. The number of rotatable bonds is 3. The van der Waals surface area contributed by atoms with E-state index in [0.29, 0.717) is 30.6 Å². The van der Waals surface area contributed by atoms with Gasteiger partial charge in [-0.25, -0.2) is 4.79 Å². The predicted octanol–water partition coefficient (Wildman–Crippen LogP) is 1.21. The lowest BCUT2D eigenvalue weighted by Crippen LogP contribution is -2.56. The number of nitrogens with zero attached hydrogens (tertiary/aromatic N) is 2. The first-order valence-corrected chi connectivity index (χ1v) is 9.87. The van der Waals surface area contributed by atoms with Crippen LogP contribution in [-0.2, 0) is 11.3 Å². The third-order valence-corrected chi connectivity index (χ3v) is 6.41. The van der Waals surface area contributed by atoms with Gasteiger partial charge < -0.3 is 9.88 Å². The number of carbonyl (C=O) groups excluding carboxylic acids is 1. The lowest BCUT2D eigenvalue weighted by molar-refractivity contribution is -0.142. The number of hydrogen-bond acceptors (Lipinski definition) is 4. The van der Waals surface area contributed by atoms with Crippen LogP contribution < -0.4 is 11.2 Å². The number of carbonyl (C=O) groups is 1. The molecule has 2 aliphatic heterocycles. The molecule has 0 bridgehead atoms. The van der Waals surface area contributed by atoms with Gasteiger partial charge in [0.1, 0.15) is 0 Å². The van der Waals surface area contributed by atoms with Crippen molar-refractivity contribution in [2.24, 2.45) is 5.41 Å². The van der Waals surface area contributed by atoms with Gasteiger partial charge in [0.15, 0.2) is 0 Å². The van der Waals surface area contributed by atoms with E-state index in [0.717, 1.165) is 51.7 Å². The van der Waals surface area contributed by atoms with Crippen LogP contribution in [0.5, 0.6) is 0 Å². The second-order valence-electron chi connectivity index (χ2n) is 8.39. The van der Waals surface area contributed by atoms with Gasteiger partial charge in [0.25, 0.3) is 5.56 Å². The predicted molar refractivity (Wildman–Crippen MR) is 97.8 cm³/mol. The zero-order chi connectivity index (χ0) is 18.1. The maximum Gasteiger partial charge on any atom is 0.325 e. The molecule has 1 aromatic heterocycles. The molecule has 0 radical (unpaired) electrons. The fourth-order valence-corrected chi connectivity index (χ4v) is 5.22. The van der Waals surface area contributed by atoms with E-state index in [9.17, 15) is 14.4 Å². The number of nitrogens with one attached hydrogen (secondary N) is 2. The lowest BCUT2D eigenvalue weighted by Gasteiger charge is -2.49. The van der Waals surface area contributed by atoms with Crippen molar-refractivity contribution in [3.8, 4) is 0 Å². The van der Waals surface area contributed by atoms with Gasteiger partial charge in [-0.15, -0.1) is 0 Å². The van der Waals surface area contributed by atoms with E-state index in [1.54, 1.807) is 0 Å². The van der Waals surface area contributed by atoms with E-state index in [1.165, 1.54) is 18.9 Å². The summed E-state index contributed by atoms with van der Waals surface area (Å²) in [5.41, 5.74) is 0.0207. The van der Waals surface area contributed by atoms with Gasteiger partial charge in [0, 0.05) is 49.3 Å². The number of amides is 1. The number of aromatic nitrogens is 2. The molecule has 3 fully saturated rings. The summed E-state index contributed by atoms with van der Waals surface area (Å²) in [6.07, 6.45) is 8.65. The molecule has 1 spiro atoms. The van der Waals surface area contributed by atoms with E-state index in [4.69, 9.17) is 0 Å². The highest BCUT2D eigenvalue weighted by atomic mass is 16.2. The monoisotopic (exact) mass is 360 g/mol. The molecule has 3 aliphatic rings. The van der Waals surface area contributed by atoms with E-state index >= 15 is 0 Å². The van der Waals surface area contributed by atoms with Crippen LogP contribution >= 0.6 is 0 Å². The summed E-state index contributed by atoms with van der Waals surface area (Å²) in [5.74, 6) is 0.332. The van der Waals surface area contributed by atoms with E-state index in [1.807, 2.05) is 0 Å². The Morgan fingerprint density at radius 3 is 2.62 bits per heavy atom. The quantitative estimate of drug-likeness (QED) is 0.848. The Labute approximate surface area is 152 Å². The molecule has 7 nitrogen and oxygen atoms in total. The minimum Gasteiger partial charge on any atom is -0.339 e. The van der Waals surface area contributed by atoms with Crippen molar-refractivity contribution in [2.75, 3.05) is 19.6 Å².